The van der Waals surface area contributed by atoms with Crippen molar-refractivity contribution in [3.05, 3.63) is 41.3 Å². The Morgan fingerprint density at radius 2 is 2.12 bits per heavy atom. The van der Waals surface area contributed by atoms with E-state index in [0.29, 0.717) is 22.7 Å². The van der Waals surface area contributed by atoms with E-state index in [9.17, 15) is 4.39 Å². The van der Waals surface area contributed by atoms with E-state index >= 15 is 0 Å². The number of nitrogen functional groups attached to an aromatic ring is 1. The smallest absolute Gasteiger partial charge is 0.221 e. The monoisotopic (exact) mass is 252 g/mol. The number of hydrogen-bond acceptors (Lipinski definition) is 3. The molecule has 0 radical (unpaired) electrons. The van der Waals surface area contributed by atoms with Gasteiger partial charge in [-0.2, -0.15) is 0 Å². The largest absolute Gasteiger partial charge is 0.481 e. The second-order valence-corrected chi connectivity index (χ2v) is 3.86. The van der Waals surface area contributed by atoms with Crippen molar-refractivity contribution in [1.82, 2.24) is 4.98 Å². The molecule has 0 saturated carbocycles. The number of rotatable bonds is 2. The molecule has 0 fully saturated rings. The van der Waals surface area contributed by atoms with Crippen LogP contribution in [0.2, 0.25) is 5.02 Å². The molecule has 2 rings (SSSR count). The molecule has 5 heteroatoms. The molecule has 1 aromatic carbocycles. The highest BCUT2D eigenvalue weighted by Gasteiger charge is 2.10. The second-order valence-electron chi connectivity index (χ2n) is 3.45. The zero-order valence-corrected chi connectivity index (χ0v) is 9.83. The highest BCUT2D eigenvalue weighted by Crippen LogP contribution is 2.31. The van der Waals surface area contributed by atoms with Gasteiger partial charge >= 0.3 is 0 Å². The fourth-order valence-electron chi connectivity index (χ4n) is 1.50. The minimum atomic E-state index is -0.492. The van der Waals surface area contributed by atoms with Crippen LogP contribution in [0.5, 0.6) is 5.88 Å². The quantitative estimate of drug-likeness (QED) is 0.893. The first-order chi connectivity index (χ1) is 8.11. The van der Waals surface area contributed by atoms with E-state index in [1.807, 2.05) is 0 Å². The molecule has 0 aliphatic rings. The van der Waals surface area contributed by atoms with Crippen LogP contribution < -0.4 is 10.5 Å². The van der Waals surface area contributed by atoms with E-state index in [1.165, 1.54) is 25.4 Å². The Kier molecular flexibility index (Phi) is 3.15. The minimum absolute atomic E-state index is 0.0737. The molecule has 0 saturated heterocycles. The number of anilines is 1. The summed E-state index contributed by atoms with van der Waals surface area (Å²) in [7, 11) is 1.49. The Bertz CT molecular complexity index is 560. The fraction of sp³-hybridized carbons (Fsp3) is 0.0833. The fourth-order valence-corrected chi connectivity index (χ4v) is 1.62. The molecule has 88 valence electrons. The number of ether oxygens (including phenoxy) is 1. The normalized spacial score (nSPS) is 10.3. The van der Waals surface area contributed by atoms with Crippen LogP contribution in [0.3, 0.4) is 0 Å². The maximum Gasteiger partial charge on any atom is 0.221 e. The molecule has 17 heavy (non-hydrogen) atoms. The number of halogens is 2. The highest BCUT2D eigenvalue weighted by molar-refractivity contribution is 6.30. The molecule has 2 N–H and O–H groups in total. The summed E-state index contributed by atoms with van der Waals surface area (Å²) in [5.41, 5.74) is 7.37. The van der Waals surface area contributed by atoms with Crippen LogP contribution in [0.15, 0.2) is 30.5 Å². The first kappa shape index (κ1) is 11.7. The molecule has 0 amide bonds. The van der Waals surface area contributed by atoms with Gasteiger partial charge in [0.15, 0.2) is 0 Å². The Balaban J connectivity index is 2.58. The van der Waals surface area contributed by atoms with Gasteiger partial charge in [-0.1, -0.05) is 17.7 Å². The van der Waals surface area contributed by atoms with Gasteiger partial charge in [-0.25, -0.2) is 9.37 Å². The van der Waals surface area contributed by atoms with Gasteiger partial charge in [0, 0.05) is 5.56 Å². The van der Waals surface area contributed by atoms with Gasteiger partial charge in [-0.05, 0) is 23.8 Å². The number of benzene rings is 1. The second kappa shape index (κ2) is 4.59. The van der Waals surface area contributed by atoms with Crippen molar-refractivity contribution in [3.8, 4) is 17.0 Å². The topological polar surface area (TPSA) is 48.1 Å². The van der Waals surface area contributed by atoms with E-state index in [0.717, 1.165) is 0 Å². The molecule has 2 aromatic rings. The van der Waals surface area contributed by atoms with Crippen LogP contribution >= 0.6 is 11.6 Å². The summed E-state index contributed by atoms with van der Waals surface area (Å²) < 4.78 is 18.5. The van der Waals surface area contributed by atoms with Crippen LogP contribution in [0.1, 0.15) is 0 Å². The summed E-state index contributed by atoms with van der Waals surface area (Å²) in [6, 6.07) is 6.16. The summed E-state index contributed by atoms with van der Waals surface area (Å²) >= 11 is 5.63. The maximum absolute atomic E-state index is 13.4. The molecule has 1 heterocycles. The van der Waals surface area contributed by atoms with E-state index in [1.54, 1.807) is 12.1 Å². The van der Waals surface area contributed by atoms with Crippen molar-refractivity contribution in [1.29, 1.82) is 0 Å². The average Bonchev–Trinajstić information content (AvgIpc) is 2.32. The van der Waals surface area contributed by atoms with Gasteiger partial charge in [0.1, 0.15) is 5.82 Å². The molecule has 0 atom stereocenters. The minimum Gasteiger partial charge on any atom is -0.481 e. The zero-order valence-electron chi connectivity index (χ0n) is 9.08. The van der Waals surface area contributed by atoms with Crippen molar-refractivity contribution in [2.45, 2.75) is 0 Å². The highest BCUT2D eigenvalue weighted by atomic mass is 35.5. The van der Waals surface area contributed by atoms with Gasteiger partial charge < -0.3 is 10.5 Å². The summed E-state index contributed by atoms with van der Waals surface area (Å²) in [4.78, 5) is 4.02. The molecule has 3 nitrogen and oxygen atoms in total. The third kappa shape index (κ3) is 2.31. The summed E-state index contributed by atoms with van der Waals surface area (Å²) in [5, 5.41) is 0.0737. The van der Waals surface area contributed by atoms with E-state index in [4.69, 9.17) is 22.1 Å². The van der Waals surface area contributed by atoms with Crippen LogP contribution in [0.25, 0.3) is 11.1 Å². The number of pyridine rings is 1. The van der Waals surface area contributed by atoms with Crippen molar-refractivity contribution < 1.29 is 9.13 Å². The molecule has 0 spiro atoms. The van der Waals surface area contributed by atoms with Crippen LogP contribution in [0, 0.1) is 5.82 Å². The molecule has 0 aliphatic heterocycles. The lowest BCUT2D eigenvalue weighted by Crippen LogP contribution is -1.95. The molecular weight excluding hydrogens is 243 g/mol. The van der Waals surface area contributed by atoms with Crippen LogP contribution in [0.4, 0.5) is 10.1 Å². The Hall–Kier alpha value is -1.81. The number of methoxy groups -OCH3 is 1. The van der Waals surface area contributed by atoms with Crippen molar-refractivity contribution in [2.75, 3.05) is 12.8 Å². The number of aromatic nitrogens is 1. The summed E-state index contributed by atoms with van der Waals surface area (Å²) in [5.74, 6) is -0.102. The molecule has 1 aromatic heterocycles. The first-order valence-corrected chi connectivity index (χ1v) is 5.24. The molecule has 0 bridgehead atoms. The lowest BCUT2D eigenvalue weighted by atomic mass is 10.1. The van der Waals surface area contributed by atoms with Crippen LogP contribution in [-0.4, -0.2) is 12.1 Å². The summed E-state index contributed by atoms with van der Waals surface area (Å²) in [6.45, 7) is 0. The third-order valence-electron chi connectivity index (χ3n) is 2.30. The van der Waals surface area contributed by atoms with Gasteiger partial charge in [-0.3, -0.25) is 0 Å². The van der Waals surface area contributed by atoms with Gasteiger partial charge in [0.2, 0.25) is 5.88 Å². The zero-order chi connectivity index (χ0) is 12.4. The van der Waals surface area contributed by atoms with Crippen molar-refractivity contribution in [2.24, 2.45) is 0 Å². The third-order valence-corrected chi connectivity index (χ3v) is 2.60. The first-order valence-electron chi connectivity index (χ1n) is 4.86. The lowest BCUT2D eigenvalue weighted by molar-refractivity contribution is 0.400. The number of nitrogens with zero attached hydrogens (tertiary/aromatic N) is 1. The predicted octanol–water partition coefficient (Wildman–Crippen LogP) is 3.13. The van der Waals surface area contributed by atoms with E-state index in [-0.39, 0.29) is 5.02 Å². The lowest BCUT2D eigenvalue weighted by Gasteiger charge is -2.08. The Morgan fingerprint density at radius 1 is 1.35 bits per heavy atom. The molecular formula is C12H10ClFN2O. The van der Waals surface area contributed by atoms with Gasteiger partial charge in [-0.15, -0.1) is 0 Å². The SMILES string of the molecule is COc1ncc(N)cc1-c1ccc(Cl)c(F)c1. The van der Waals surface area contributed by atoms with E-state index in [2.05, 4.69) is 4.98 Å². The Morgan fingerprint density at radius 3 is 2.76 bits per heavy atom. The van der Waals surface area contributed by atoms with Gasteiger partial charge in [0.05, 0.1) is 24.0 Å². The van der Waals surface area contributed by atoms with Crippen molar-refractivity contribution in [3.63, 3.8) is 0 Å². The number of hydrogen-bond donors (Lipinski definition) is 1. The predicted molar refractivity (Wildman–Crippen MR) is 65.6 cm³/mol. The molecule has 0 aliphatic carbocycles. The maximum atomic E-state index is 13.4. The number of nitrogens with two attached hydrogens (primary N) is 1. The van der Waals surface area contributed by atoms with Gasteiger partial charge in [0.25, 0.3) is 0 Å². The summed E-state index contributed by atoms with van der Waals surface area (Å²) in [6.07, 6.45) is 1.48. The average molecular weight is 253 g/mol. The standard InChI is InChI=1S/C12H10ClFN2O/c1-17-12-9(5-8(15)6-16-12)7-2-3-10(13)11(14)4-7/h2-6H,15H2,1H3. The van der Waals surface area contributed by atoms with Crippen molar-refractivity contribution >= 4 is 17.3 Å². The van der Waals surface area contributed by atoms with E-state index < -0.39 is 5.82 Å². The Labute approximate surface area is 103 Å². The molecule has 0 unspecified atom stereocenters. The van der Waals surface area contributed by atoms with Crippen LogP contribution in [-0.2, 0) is 0 Å².